The normalized spacial score (nSPS) is 13.5. The predicted octanol–water partition coefficient (Wildman–Crippen LogP) is 3.19. The van der Waals surface area contributed by atoms with Crippen molar-refractivity contribution in [1.29, 1.82) is 0 Å². The lowest BCUT2D eigenvalue weighted by molar-refractivity contribution is 0.0519. The Bertz CT molecular complexity index is 818. The largest absolute Gasteiger partial charge is 0.462 e. The van der Waals surface area contributed by atoms with Gasteiger partial charge in [0.05, 0.1) is 21.6 Å². The van der Waals surface area contributed by atoms with Crippen LogP contribution in [0.25, 0.3) is 10.9 Å². The van der Waals surface area contributed by atoms with Crippen LogP contribution in [0.4, 0.5) is 4.39 Å². The number of hydrogen-bond donors (Lipinski definition) is 0. The number of thioether (sulfide) groups is 1. The monoisotopic (exact) mass is 371 g/mol. The van der Waals surface area contributed by atoms with Gasteiger partial charge in [-0.25, -0.2) is 9.18 Å². The lowest BCUT2D eigenvalue weighted by Crippen LogP contribution is -2.22. The van der Waals surface area contributed by atoms with Crippen molar-refractivity contribution in [2.24, 2.45) is 0 Å². The summed E-state index contributed by atoms with van der Waals surface area (Å²) in [7, 11) is 0. The molecule has 0 unspecified atom stereocenters. The number of nitrogens with zero attached hydrogens (tertiary/aromatic N) is 1. The van der Waals surface area contributed by atoms with Crippen molar-refractivity contribution < 1.29 is 13.9 Å². The van der Waals surface area contributed by atoms with E-state index in [1.807, 2.05) is 4.57 Å². The molecular formula is C14H11BrFNO3S. The fraction of sp³-hybridized carbons (Fsp3) is 0.286. The first-order valence-electron chi connectivity index (χ1n) is 6.40. The molecule has 3 rings (SSSR count). The number of benzene rings is 1. The Morgan fingerprint density at radius 2 is 2.29 bits per heavy atom. The van der Waals surface area contributed by atoms with Crippen LogP contribution in [0.2, 0.25) is 0 Å². The zero-order valence-electron chi connectivity index (χ0n) is 11.1. The standard InChI is InChI=1S/C14H11BrFNO3S/c1-2-20-14(19)11-12(18)7-5-9(16)8(15)6-10(7)17-3-4-21-13(11)17/h5-6H,2-4H2,1H3. The first-order valence-corrected chi connectivity index (χ1v) is 8.18. The molecule has 1 aliphatic rings. The summed E-state index contributed by atoms with van der Waals surface area (Å²) in [5, 5.41) is 0.800. The second-order valence-corrected chi connectivity index (χ2v) is 6.45. The molecule has 0 saturated carbocycles. The van der Waals surface area contributed by atoms with Crippen molar-refractivity contribution >= 4 is 44.6 Å². The maximum absolute atomic E-state index is 13.7. The van der Waals surface area contributed by atoms with Gasteiger partial charge < -0.3 is 9.30 Å². The molecule has 21 heavy (non-hydrogen) atoms. The molecule has 0 atom stereocenters. The summed E-state index contributed by atoms with van der Waals surface area (Å²) in [5.41, 5.74) is 0.158. The maximum Gasteiger partial charge on any atom is 0.344 e. The lowest BCUT2D eigenvalue weighted by atomic mass is 10.1. The van der Waals surface area contributed by atoms with Crippen LogP contribution in [0.1, 0.15) is 17.3 Å². The van der Waals surface area contributed by atoms with Gasteiger partial charge in [0.15, 0.2) is 0 Å². The zero-order chi connectivity index (χ0) is 15.1. The van der Waals surface area contributed by atoms with Gasteiger partial charge in [0.1, 0.15) is 11.4 Å². The number of pyridine rings is 1. The van der Waals surface area contributed by atoms with E-state index in [0.29, 0.717) is 21.6 Å². The van der Waals surface area contributed by atoms with E-state index in [9.17, 15) is 14.0 Å². The number of aryl methyl sites for hydroxylation is 1. The van der Waals surface area contributed by atoms with Gasteiger partial charge in [0.2, 0.25) is 5.43 Å². The van der Waals surface area contributed by atoms with Gasteiger partial charge in [0, 0.05) is 17.7 Å². The summed E-state index contributed by atoms with van der Waals surface area (Å²) in [6, 6.07) is 2.75. The smallest absolute Gasteiger partial charge is 0.344 e. The van der Waals surface area contributed by atoms with Crippen molar-refractivity contribution in [3.8, 4) is 0 Å². The fourth-order valence-corrected chi connectivity index (χ4v) is 3.87. The third-order valence-corrected chi connectivity index (χ3v) is 4.99. The molecular weight excluding hydrogens is 361 g/mol. The van der Waals surface area contributed by atoms with Crippen LogP contribution < -0.4 is 5.43 Å². The first-order chi connectivity index (χ1) is 10.0. The van der Waals surface area contributed by atoms with Crippen molar-refractivity contribution in [3.63, 3.8) is 0 Å². The number of rotatable bonds is 2. The molecule has 2 aromatic rings. The van der Waals surface area contributed by atoms with E-state index >= 15 is 0 Å². The molecule has 0 amide bonds. The summed E-state index contributed by atoms with van der Waals surface area (Å²) in [6.45, 7) is 2.54. The third-order valence-electron chi connectivity index (χ3n) is 3.29. The van der Waals surface area contributed by atoms with Crippen LogP contribution in [0, 0.1) is 5.82 Å². The number of esters is 1. The van der Waals surface area contributed by atoms with Crippen molar-refractivity contribution in [2.45, 2.75) is 18.5 Å². The Kier molecular flexibility index (Phi) is 3.79. The van der Waals surface area contributed by atoms with E-state index in [1.54, 1.807) is 13.0 Å². The Balaban J connectivity index is 2.40. The average Bonchev–Trinajstić information content (AvgIpc) is 2.90. The number of carbonyl (C=O) groups is 1. The number of halogens is 2. The summed E-state index contributed by atoms with van der Waals surface area (Å²) in [5.74, 6) is -0.411. The van der Waals surface area contributed by atoms with Crippen LogP contribution in [0.3, 0.4) is 0 Å². The van der Waals surface area contributed by atoms with Crippen LogP contribution >= 0.6 is 27.7 Å². The summed E-state index contributed by atoms with van der Waals surface area (Å²) >= 11 is 4.57. The van der Waals surface area contributed by atoms with E-state index in [1.165, 1.54) is 17.8 Å². The lowest BCUT2D eigenvalue weighted by Gasteiger charge is -2.13. The minimum absolute atomic E-state index is 0.00794. The van der Waals surface area contributed by atoms with Gasteiger partial charge in [-0.1, -0.05) is 0 Å². The Labute approximate surface area is 132 Å². The van der Waals surface area contributed by atoms with Crippen molar-refractivity contribution in [3.05, 3.63) is 38.2 Å². The topological polar surface area (TPSA) is 48.3 Å². The van der Waals surface area contributed by atoms with Gasteiger partial charge in [0.25, 0.3) is 0 Å². The first kappa shape index (κ1) is 14.6. The molecule has 1 aromatic heterocycles. The molecule has 2 heterocycles. The quantitative estimate of drug-likeness (QED) is 0.760. The highest BCUT2D eigenvalue weighted by molar-refractivity contribution is 9.10. The molecule has 0 saturated heterocycles. The van der Waals surface area contributed by atoms with Gasteiger partial charge in [-0.3, -0.25) is 4.79 Å². The third kappa shape index (κ3) is 2.28. The summed E-state index contributed by atoms with van der Waals surface area (Å²) in [6.07, 6.45) is 0. The van der Waals surface area contributed by atoms with Crippen LogP contribution in [0.15, 0.2) is 26.4 Å². The summed E-state index contributed by atoms with van der Waals surface area (Å²) < 4.78 is 20.9. The molecule has 1 aromatic carbocycles. The Morgan fingerprint density at radius 1 is 1.52 bits per heavy atom. The highest BCUT2D eigenvalue weighted by Gasteiger charge is 2.27. The Morgan fingerprint density at radius 3 is 3.00 bits per heavy atom. The van der Waals surface area contributed by atoms with Gasteiger partial charge >= 0.3 is 5.97 Å². The second kappa shape index (κ2) is 5.46. The molecule has 0 radical (unpaired) electrons. The number of aromatic nitrogens is 1. The number of hydrogen-bond acceptors (Lipinski definition) is 4. The molecule has 7 heteroatoms. The van der Waals surface area contributed by atoms with Crippen LogP contribution in [-0.2, 0) is 11.3 Å². The highest BCUT2D eigenvalue weighted by atomic mass is 79.9. The van der Waals surface area contributed by atoms with Gasteiger partial charge in [-0.15, -0.1) is 11.8 Å². The van der Waals surface area contributed by atoms with Crippen LogP contribution in [-0.4, -0.2) is 22.9 Å². The molecule has 0 aliphatic carbocycles. The summed E-state index contributed by atoms with van der Waals surface area (Å²) in [4.78, 5) is 24.6. The molecule has 0 fully saturated rings. The molecule has 4 nitrogen and oxygen atoms in total. The molecule has 0 bridgehead atoms. The van der Waals surface area contributed by atoms with Crippen molar-refractivity contribution in [1.82, 2.24) is 4.57 Å². The number of ether oxygens (including phenoxy) is 1. The number of fused-ring (bicyclic) bond motifs is 3. The molecule has 110 valence electrons. The maximum atomic E-state index is 13.7. The second-order valence-electron chi connectivity index (χ2n) is 4.51. The minimum Gasteiger partial charge on any atom is -0.462 e. The predicted molar refractivity (Wildman–Crippen MR) is 82.5 cm³/mol. The fourth-order valence-electron chi connectivity index (χ4n) is 2.41. The molecule has 0 N–H and O–H groups in total. The van der Waals surface area contributed by atoms with Gasteiger partial charge in [-0.05, 0) is 35.0 Å². The number of carbonyl (C=O) groups excluding carboxylic acids is 1. The van der Waals surface area contributed by atoms with Crippen molar-refractivity contribution in [2.75, 3.05) is 12.4 Å². The van der Waals surface area contributed by atoms with E-state index < -0.39 is 17.2 Å². The highest BCUT2D eigenvalue weighted by Crippen LogP contribution is 2.33. The van der Waals surface area contributed by atoms with Crippen LogP contribution in [0.5, 0.6) is 0 Å². The zero-order valence-corrected chi connectivity index (χ0v) is 13.5. The average molecular weight is 372 g/mol. The van der Waals surface area contributed by atoms with E-state index in [4.69, 9.17) is 4.74 Å². The Hall–Kier alpha value is -1.34. The van der Waals surface area contributed by atoms with E-state index in [-0.39, 0.29) is 17.6 Å². The molecule has 1 aliphatic heterocycles. The minimum atomic E-state index is -0.647. The van der Waals surface area contributed by atoms with Gasteiger partial charge in [-0.2, -0.15) is 0 Å². The van der Waals surface area contributed by atoms with E-state index in [0.717, 1.165) is 5.75 Å². The SMILES string of the molecule is CCOC(=O)c1c2n(c3cc(Br)c(F)cc3c1=O)CCS2. The molecule has 0 spiro atoms. The van der Waals surface area contributed by atoms with E-state index in [2.05, 4.69) is 15.9 Å².